The highest BCUT2D eigenvalue weighted by atomic mass is 19.1. The summed E-state index contributed by atoms with van der Waals surface area (Å²) in [5.74, 6) is 0.154. The lowest BCUT2D eigenvalue weighted by atomic mass is 10.2. The molecule has 0 atom stereocenters. The van der Waals surface area contributed by atoms with Crippen LogP contribution in [0.2, 0.25) is 0 Å². The number of para-hydroxylation sites is 2. The molecule has 0 spiro atoms. The van der Waals surface area contributed by atoms with Crippen LogP contribution in [0, 0.1) is 5.82 Å². The standard InChI is InChI=1S/C25H15FN2O/c26-17-11-14-21-24(15-17)29-25(27-21)16-9-12-18(13-10-16)28-22-7-3-1-5-19(22)20-6-2-4-8-23(20)28/h1-15H. The monoisotopic (exact) mass is 378 g/mol. The van der Waals surface area contributed by atoms with E-state index in [1.807, 2.05) is 12.1 Å². The van der Waals surface area contributed by atoms with Crippen LogP contribution >= 0.6 is 0 Å². The molecule has 3 nitrogen and oxygen atoms in total. The number of fused-ring (bicyclic) bond motifs is 4. The summed E-state index contributed by atoms with van der Waals surface area (Å²) in [6, 6.07) is 29.3. The molecule has 0 bridgehead atoms. The molecule has 6 aromatic rings. The Morgan fingerprint density at radius 1 is 0.724 bits per heavy atom. The molecule has 4 heteroatoms. The van der Waals surface area contributed by atoms with Crippen LogP contribution < -0.4 is 0 Å². The van der Waals surface area contributed by atoms with Crippen molar-refractivity contribution >= 4 is 32.9 Å². The van der Waals surface area contributed by atoms with Crippen molar-refractivity contribution in [1.82, 2.24) is 9.55 Å². The largest absolute Gasteiger partial charge is 0.436 e. The number of nitrogens with zero attached hydrogens (tertiary/aromatic N) is 2. The van der Waals surface area contributed by atoms with Crippen molar-refractivity contribution in [3.63, 3.8) is 0 Å². The minimum absolute atomic E-state index is 0.332. The molecule has 0 unspecified atom stereocenters. The van der Waals surface area contributed by atoms with Crippen molar-refractivity contribution in [2.24, 2.45) is 0 Å². The molecule has 0 aliphatic rings. The van der Waals surface area contributed by atoms with E-state index in [0.29, 0.717) is 17.0 Å². The van der Waals surface area contributed by atoms with Gasteiger partial charge in [-0.1, -0.05) is 36.4 Å². The summed E-state index contributed by atoms with van der Waals surface area (Å²) in [6.07, 6.45) is 0. The van der Waals surface area contributed by atoms with E-state index in [4.69, 9.17) is 4.42 Å². The fraction of sp³-hybridized carbons (Fsp3) is 0. The normalized spacial score (nSPS) is 11.6. The number of hydrogen-bond acceptors (Lipinski definition) is 2. The lowest BCUT2D eigenvalue weighted by Gasteiger charge is -2.08. The fourth-order valence-electron chi connectivity index (χ4n) is 3.98. The quantitative estimate of drug-likeness (QED) is 0.334. The molecule has 0 amide bonds. The highest BCUT2D eigenvalue weighted by Crippen LogP contribution is 2.32. The molecule has 0 radical (unpaired) electrons. The van der Waals surface area contributed by atoms with E-state index in [2.05, 4.69) is 70.2 Å². The smallest absolute Gasteiger partial charge is 0.227 e. The lowest BCUT2D eigenvalue weighted by molar-refractivity contribution is 0.602. The second kappa shape index (κ2) is 6.04. The predicted octanol–water partition coefficient (Wildman–Crippen LogP) is 6.73. The van der Waals surface area contributed by atoms with Crippen molar-refractivity contribution in [1.29, 1.82) is 0 Å². The summed E-state index contributed by atoms with van der Waals surface area (Å²) in [5.41, 5.74) is 5.34. The van der Waals surface area contributed by atoms with Gasteiger partial charge in [0.15, 0.2) is 5.58 Å². The molecule has 2 aromatic heterocycles. The minimum Gasteiger partial charge on any atom is -0.436 e. The van der Waals surface area contributed by atoms with E-state index in [1.54, 1.807) is 6.07 Å². The van der Waals surface area contributed by atoms with Crippen molar-refractivity contribution < 1.29 is 8.81 Å². The summed E-state index contributed by atoms with van der Waals surface area (Å²) in [7, 11) is 0. The zero-order valence-electron chi connectivity index (χ0n) is 15.3. The number of oxazole rings is 1. The van der Waals surface area contributed by atoms with Gasteiger partial charge in [-0.25, -0.2) is 9.37 Å². The van der Waals surface area contributed by atoms with Crippen molar-refractivity contribution in [2.75, 3.05) is 0 Å². The average Bonchev–Trinajstić information content (AvgIpc) is 3.33. The fourth-order valence-corrected chi connectivity index (χ4v) is 3.98. The molecule has 0 N–H and O–H groups in total. The van der Waals surface area contributed by atoms with Crippen LogP contribution in [-0.4, -0.2) is 9.55 Å². The van der Waals surface area contributed by atoms with Crippen molar-refractivity contribution in [3.8, 4) is 17.1 Å². The maximum absolute atomic E-state index is 13.4. The van der Waals surface area contributed by atoms with E-state index in [9.17, 15) is 4.39 Å². The Morgan fingerprint density at radius 3 is 2.07 bits per heavy atom. The third-order valence-corrected chi connectivity index (χ3v) is 5.30. The summed E-state index contributed by atoms with van der Waals surface area (Å²) in [5, 5.41) is 2.46. The van der Waals surface area contributed by atoms with Crippen LogP contribution in [-0.2, 0) is 0 Å². The van der Waals surface area contributed by atoms with Gasteiger partial charge < -0.3 is 8.98 Å². The van der Waals surface area contributed by atoms with E-state index in [0.717, 1.165) is 11.3 Å². The Bertz CT molecular complexity index is 1460. The lowest BCUT2D eigenvalue weighted by Crippen LogP contribution is -1.93. The van der Waals surface area contributed by atoms with Gasteiger partial charge in [-0.05, 0) is 48.5 Å². The maximum atomic E-state index is 13.4. The Hall–Kier alpha value is -3.92. The molecule has 0 saturated heterocycles. The molecular weight excluding hydrogens is 363 g/mol. The van der Waals surface area contributed by atoms with E-state index in [1.165, 1.54) is 33.9 Å². The molecule has 0 saturated carbocycles. The highest BCUT2D eigenvalue weighted by molar-refractivity contribution is 6.09. The second-order valence-corrected chi connectivity index (χ2v) is 7.05. The Labute approximate surface area is 165 Å². The summed E-state index contributed by atoms with van der Waals surface area (Å²) in [4.78, 5) is 4.48. The van der Waals surface area contributed by atoms with Gasteiger partial charge in [0.05, 0.1) is 11.0 Å². The van der Waals surface area contributed by atoms with Gasteiger partial charge in [-0.2, -0.15) is 0 Å². The molecule has 6 rings (SSSR count). The van der Waals surface area contributed by atoms with E-state index in [-0.39, 0.29) is 5.82 Å². The van der Waals surface area contributed by atoms with Gasteiger partial charge in [-0.3, -0.25) is 0 Å². The topological polar surface area (TPSA) is 31.0 Å². The van der Waals surface area contributed by atoms with Gasteiger partial charge in [-0.15, -0.1) is 0 Å². The summed E-state index contributed by atoms with van der Waals surface area (Å²) < 4.78 is 21.4. The van der Waals surface area contributed by atoms with Gasteiger partial charge in [0.1, 0.15) is 11.3 Å². The van der Waals surface area contributed by atoms with Crippen molar-refractivity contribution in [3.05, 3.63) is 96.8 Å². The third-order valence-electron chi connectivity index (χ3n) is 5.30. The Kier molecular flexibility index (Phi) is 3.35. The zero-order valence-corrected chi connectivity index (χ0v) is 15.3. The SMILES string of the molecule is Fc1ccc2nc(-c3ccc(-n4c5ccccc5c5ccccc54)cc3)oc2c1. The number of hydrogen-bond donors (Lipinski definition) is 0. The third kappa shape index (κ3) is 2.46. The number of halogens is 1. The zero-order chi connectivity index (χ0) is 19.4. The number of aromatic nitrogens is 2. The van der Waals surface area contributed by atoms with Crippen LogP contribution in [0.1, 0.15) is 0 Å². The highest BCUT2D eigenvalue weighted by Gasteiger charge is 2.13. The molecule has 0 aliphatic carbocycles. The average molecular weight is 378 g/mol. The predicted molar refractivity (Wildman–Crippen MR) is 114 cm³/mol. The van der Waals surface area contributed by atoms with Crippen molar-refractivity contribution in [2.45, 2.75) is 0 Å². The molecule has 0 fully saturated rings. The van der Waals surface area contributed by atoms with Gasteiger partial charge >= 0.3 is 0 Å². The number of benzene rings is 4. The first-order valence-corrected chi connectivity index (χ1v) is 9.43. The molecule has 4 aromatic carbocycles. The second-order valence-electron chi connectivity index (χ2n) is 7.05. The Balaban J connectivity index is 1.50. The van der Waals surface area contributed by atoms with Gasteiger partial charge in [0, 0.05) is 28.1 Å². The molecule has 29 heavy (non-hydrogen) atoms. The van der Waals surface area contributed by atoms with E-state index >= 15 is 0 Å². The number of rotatable bonds is 2. The first kappa shape index (κ1) is 16.1. The van der Waals surface area contributed by atoms with Crippen LogP contribution in [0.15, 0.2) is 95.4 Å². The van der Waals surface area contributed by atoms with Gasteiger partial charge in [0.2, 0.25) is 5.89 Å². The van der Waals surface area contributed by atoms with Crippen LogP contribution in [0.5, 0.6) is 0 Å². The first-order valence-electron chi connectivity index (χ1n) is 9.43. The molecular formula is C25H15FN2O. The molecule has 2 heterocycles. The van der Waals surface area contributed by atoms with Crippen LogP contribution in [0.3, 0.4) is 0 Å². The summed E-state index contributed by atoms with van der Waals surface area (Å²) in [6.45, 7) is 0. The van der Waals surface area contributed by atoms with Gasteiger partial charge in [0.25, 0.3) is 0 Å². The molecule has 0 aliphatic heterocycles. The van der Waals surface area contributed by atoms with Crippen LogP contribution in [0.4, 0.5) is 4.39 Å². The first-order chi connectivity index (χ1) is 14.3. The Morgan fingerprint density at radius 2 is 1.38 bits per heavy atom. The maximum Gasteiger partial charge on any atom is 0.227 e. The summed E-state index contributed by atoms with van der Waals surface area (Å²) >= 11 is 0. The van der Waals surface area contributed by atoms with Crippen LogP contribution in [0.25, 0.3) is 50.0 Å². The minimum atomic E-state index is -0.332. The van der Waals surface area contributed by atoms with E-state index < -0.39 is 0 Å². The molecule has 138 valence electrons.